The summed E-state index contributed by atoms with van der Waals surface area (Å²) >= 11 is 0. The molecule has 1 aliphatic rings. The van der Waals surface area contributed by atoms with Crippen LogP contribution in [0, 0.1) is 0 Å². The van der Waals surface area contributed by atoms with Crippen molar-refractivity contribution in [3.8, 4) is 0 Å². The summed E-state index contributed by atoms with van der Waals surface area (Å²) in [6.07, 6.45) is 10.1. The molecule has 7 nitrogen and oxygen atoms in total. The van der Waals surface area contributed by atoms with Gasteiger partial charge < -0.3 is 10.6 Å². The van der Waals surface area contributed by atoms with E-state index in [1.54, 1.807) is 0 Å². The lowest BCUT2D eigenvalue weighted by Crippen LogP contribution is -2.19. The largest absolute Gasteiger partial charge is 0.376 e. The molecule has 0 bridgehead atoms. The Morgan fingerprint density at radius 2 is 1.93 bits per heavy atom. The molecule has 1 aliphatic carbocycles. The van der Waals surface area contributed by atoms with Crippen LogP contribution < -0.4 is 10.6 Å². The van der Waals surface area contributed by atoms with Gasteiger partial charge in [-0.3, -0.25) is 4.98 Å². The maximum Gasteiger partial charge on any atom is 0.201 e. The molecule has 0 atom stereocenters. The zero-order valence-corrected chi connectivity index (χ0v) is 17.4. The molecule has 0 saturated heterocycles. The predicted molar refractivity (Wildman–Crippen MR) is 116 cm³/mol. The number of pyridine rings is 1. The van der Waals surface area contributed by atoms with Gasteiger partial charge >= 0.3 is 0 Å². The fraction of sp³-hybridized carbons (Fsp3) is 0.545. The summed E-state index contributed by atoms with van der Waals surface area (Å²) in [7, 11) is 0. The maximum atomic E-state index is 4.89. The molecule has 1 saturated carbocycles. The molecule has 7 heteroatoms. The third-order valence-corrected chi connectivity index (χ3v) is 5.89. The minimum absolute atomic E-state index is 0.401. The van der Waals surface area contributed by atoms with E-state index in [-0.39, 0.29) is 0 Å². The monoisotopic (exact) mass is 393 g/mol. The van der Waals surface area contributed by atoms with Crippen LogP contribution in [0.1, 0.15) is 76.2 Å². The van der Waals surface area contributed by atoms with Crippen molar-refractivity contribution < 1.29 is 0 Å². The van der Waals surface area contributed by atoms with Crippen LogP contribution in [0.15, 0.2) is 30.5 Å². The zero-order valence-electron chi connectivity index (χ0n) is 17.4. The molecule has 154 valence electrons. The SMILES string of the molecule is CCC(CC)Nc1cc(NCc2ccccn2)c2nnc(C3CCCCC3)n2n1. The zero-order chi connectivity index (χ0) is 20.1. The second kappa shape index (κ2) is 9.20. The van der Waals surface area contributed by atoms with Gasteiger partial charge in [0.15, 0.2) is 5.82 Å². The number of nitrogens with one attached hydrogen (secondary N) is 2. The summed E-state index contributed by atoms with van der Waals surface area (Å²) in [6.45, 7) is 5.04. The standard InChI is InChI=1S/C22H31N7/c1-3-17(4-2)25-20-14-19(24-15-18-12-8-9-13-23-18)22-27-26-21(29(22)28-20)16-10-6-5-7-11-16/h8-9,12-14,16-17,24H,3-7,10-11,15H2,1-2H3,(H,25,28). The van der Waals surface area contributed by atoms with Crippen LogP contribution in [0.5, 0.6) is 0 Å². The second-order valence-corrected chi connectivity index (χ2v) is 7.90. The van der Waals surface area contributed by atoms with E-state index in [0.717, 1.165) is 41.5 Å². The summed E-state index contributed by atoms with van der Waals surface area (Å²) in [5.41, 5.74) is 2.72. The lowest BCUT2D eigenvalue weighted by Gasteiger charge is -2.20. The van der Waals surface area contributed by atoms with Crippen molar-refractivity contribution in [2.75, 3.05) is 10.6 Å². The number of nitrogens with zero attached hydrogens (tertiary/aromatic N) is 5. The van der Waals surface area contributed by atoms with Crippen LogP contribution in [0.4, 0.5) is 11.5 Å². The van der Waals surface area contributed by atoms with Crippen molar-refractivity contribution in [3.05, 3.63) is 42.0 Å². The van der Waals surface area contributed by atoms with Gasteiger partial charge in [-0.25, -0.2) is 0 Å². The fourth-order valence-corrected chi connectivity index (χ4v) is 4.10. The van der Waals surface area contributed by atoms with Crippen LogP contribution in [-0.4, -0.2) is 30.8 Å². The lowest BCUT2D eigenvalue weighted by molar-refractivity contribution is 0.423. The Morgan fingerprint density at radius 1 is 1.10 bits per heavy atom. The van der Waals surface area contributed by atoms with Crippen molar-refractivity contribution in [2.45, 2.75) is 77.3 Å². The molecule has 0 aliphatic heterocycles. The predicted octanol–water partition coefficient (Wildman–Crippen LogP) is 4.78. The Balaban J connectivity index is 1.68. The molecule has 3 aromatic rings. The van der Waals surface area contributed by atoms with Gasteiger partial charge in [-0.1, -0.05) is 39.2 Å². The van der Waals surface area contributed by atoms with E-state index >= 15 is 0 Å². The molecule has 3 heterocycles. The van der Waals surface area contributed by atoms with Crippen LogP contribution in [0.2, 0.25) is 0 Å². The van der Waals surface area contributed by atoms with E-state index < -0.39 is 0 Å². The van der Waals surface area contributed by atoms with E-state index in [4.69, 9.17) is 5.10 Å². The van der Waals surface area contributed by atoms with Crippen LogP contribution in [0.25, 0.3) is 5.65 Å². The van der Waals surface area contributed by atoms with E-state index in [9.17, 15) is 0 Å². The van der Waals surface area contributed by atoms with Gasteiger partial charge in [-0.15, -0.1) is 15.3 Å². The summed E-state index contributed by atoms with van der Waals surface area (Å²) in [5, 5.41) is 21.0. The van der Waals surface area contributed by atoms with E-state index in [2.05, 4.69) is 45.7 Å². The number of fused-ring (bicyclic) bond motifs is 1. The maximum absolute atomic E-state index is 4.89. The molecular formula is C22H31N7. The first-order chi connectivity index (χ1) is 14.3. The normalized spacial score (nSPS) is 15.1. The minimum Gasteiger partial charge on any atom is -0.376 e. The molecule has 3 aromatic heterocycles. The van der Waals surface area contributed by atoms with Crippen LogP contribution >= 0.6 is 0 Å². The first kappa shape index (κ1) is 19.6. The van der Waals surface area contributed by atoms with Crippen molar-refractivity contribution in [1.29, 1.82) is 0 Å². The Kier molecular flexibility index (Phi) is 6.22. The molecule has 29 heavy (non-hydrogen) atoms. The summed E-state index contributed by atoms with van der Waals surface area (Å²) in [6, 6.07) is 8.41. The lowest BCUT2D eigenvalue weighted by atomic mass is 9.89. The van der Waals surface area contributed by atoms with Gasteiger partial charge in [-0.2, -0.15) is 4.52 Å². The van der Waals surface area contributed by atoms with Gasteiger partial charge in [0.05, 0.1) is 17.9 Å². The molecule has 0 amide bonds. The average molecular weight is 394 g/mol. The van der Waals surface area contributed by atoms with Crippen LogP contribution in [-0.2, 0) is 6.54 Å². The van der Waals surface area contributed by atoms with Gasteiger partial charge in [0.25, 0.3) is 0 Å². The number of hydrogen-bond acceptors (Lipinski definition) is 6. The Morgan fingerprint density at radius 3 is 2.66 bits per heavy atom. The van der Waals surface area contributed by atoms with E-state index in [0.29, 0.717) is 18.5 Å². The highest BCUT2D eigenvalue weighted by atomic mass is 15.4. The molecular weight excluding hydrogens is 362 g/mol. The van der Waals surface area contributed by atoms with Gasteiger partial charge in [0, 0.05) is 24.2 Å². The molecule has 4 rings (SSSR count). The molecule has 0 radical (unpaired) electrons. The van der Waals surface area contributed by atoms with Crippen molar-refractivity contribution in [3.63, 3.8) is 0 Å². The van der Waals surface area contributed by atoms with Crippen molar-refractivity contribution in [2.24, 2.45) is 0 Å². The van der Waals surface area contributed by atoms with E-state index in [1.165, 1.54) is 32.1 Å². The molecule has 2 N–H and O–H groups in total. The molecule has 0 aromatic carbocycles. The molecule has 1 fully saturated rings. The minimum atomic E-state index is 0.401. The summed E-state index contributed by atoms with van der Waals surface area (Å²) in [4.78, 5) is 4.41. The van der Waals surface area contributed by atoms with Gasteiger partial charge in [0.1, 0.15) is 5.82 Å². The first-order valence-corrected chi connectivity index (χ1v) is 10.9. The third kappa shape index (κ3) is 4.49. The van der Waals surface area contributed by atoms with E-state index in [1.807, 2.05) is 28.9 Å². The highest BCUT2D eigenvalue weighted by Crippen LogP contribution is 2.33. The quantitative estimate of drug-likeness (QED) is 0.573. The number of rotatable bonds is 8. The second-order valence-electron chi connectivity index (χ2n) is 7.90. The van der Waals surface area contributed by atoms with Gasteiger partial charge in [-0.05, 0) is 37.8 Å². The topological polar surface area (TPSA) is 80.0 Å². The molecule has 0 spiro atoms. The van der Waals surface area contributed by atoms with Crippen molar-refractivity contribution in [1.82, 2.24) is 24.8 Å². The van der Waals surface area contributed by atoms with Crippen LogP contribution in [0.3, 0.4) is 0 Å². The first-order valence-electron chi connectivity index (χ1n) is 10.9. The van der Waals surface area contributed by atoms with Crippen molar-refractivity contribution >= 4 is 17.2 Å². The number of hydrogen-bond donors (Lipinski definition) is 2. The Bertz CT molecular complexity index is 912. The number of anilines is 2. The fourth-order valence-electron chi connectivity index (χ4n) is 4.10. The van der Waals surface area contributed by atoms with Gasteiger partial charge in [0.2, 0.25) is 5.65 Å². The summed E-state index contributed by atoms with van der Waals surface area (Å²) in [5.74, 6) is 2.30. The number of aromatic nitrogens is 5. The molecule has 0 unspecified atom stereocenters. The highest BCUT2D eigenvalue weighted by molar-refractivity contribution is 5.70. The summed E-state index contributed by atoms with van der Waals surface area (Å²) < 4.78 is 1.96. The third-order valence-electron chi connectivity index (χ3n) is 5.89. The highest BCUT2D eigenvalue weighted by Gasteiger charge is 2.23. The Hall–Kier alpha value is -2.70. The Labute approximate surface area is 172 Å². The smallest absolute Gasteiger partial charge is 0.201 e. The average Bonchev–Trinajstić information content (AvgIpc) is 3.21.